The summed E-state index contributed by atoms with van der Waals surface area (Å²) in [6.07, 6.45) is 28.0. The topological polar surface area (TPSA) is 365 Å². The van der Waals surface area contributed by atoms with E-state index in [1.807, 2.05) is 233 Å². The molecule has 1 aromatic carbocycles. The summed E-state index contributed by atoms with van der Waals surface area (Å²) < 4.78 is 51.2. The molecule has 10 unspecified atom stereocenters. The predicted molar refractivity (Wildman–Crippen MR) is 589 cm³/mol. The molecule has 858 valence electrons. The fourth-order valence-electron chi connectivity index (χ4n) is 25.1. The van der Waals surface area contributed by atoms with E-state index < -0.39 is 49.7 Å². The van der Waals surface area contributed by atoms with Crippen LogP contribution in [-0.2, 0) is 81.0 Å². The van der Waals surface area contributed by atoms with E-state index in [2.05, 4.69) is 74.5 Å². The fourth-order valence-corrected chi connectivity index (χ4v) is 25.1. The van der Waals surface area contributed by atoms with Crippen molar-refractivity contribution in [2.45, 2.75) is 557 Å². The number of esters is 9. The van der Waals surface area contributed by atoms with E-state index in [0.717, 1.165) is 153 Å². The summed E-state index contributed by atoms with van der Waals surface area (Å²) in [5, 5.41) is 60.6. The Morgan fingerprint density at radius 1 is 0.300 bits per heavy atom. The molecule has 150 heavy (non-hydrogen) atoms. The highest BCUT2D eigenvalue weighted by molar-refractivity contribution is 5.81. The van der Waals surface area contributed by atoms with Crippen LogP contribution >= 0.6 is 0 Å². The summed E-state index contributed by atoms with van der Waals surface area (Å²) in [6.45, 7) is 79.2. The number of carbonyl (C=O) groups is 9. The number of nitrogens with zero attached hydrogens (tertiary/aromatic N) is 2. The zero-order chi connectivity index (χ0) is 115. The minimum atomic E-state index is -1.13. The number of ether oxygens (including phenoxy) is 9. The number of fused-ring (bicyclic) bond motifs is 4. The van der Waals surface area contributed by atoms with Gasteiger partial charge in [-0.05, 0) is 415 Å². The maximum Gasteiger partial charge on any atom is 0.316 e. The number of aliphatic hydroxyl groups is 4. The molecule has 24 nitrogen and oxygen atoms in total. The Bertz CT molecular complexity index is 4530. The molecule has 0 aromatic heterocycles. The molecular formula is C126H212N2O22. The van der Waals surface area contributed by atoms with Crippen LogP contribution in [0.15, 0.2) is 30.3 Å². The smallest absolute Gasteiger partial charge is 0.316 e. The summed E-state index contributed by atoms with van der Waals surface area (Å²) in [6, 6.07) is 13.9. The third-order valence-corrected chi connectivity index (χ3v) is 38.3. The molecule has 16 bridgehead atoms. The van der Waals surface area contributed by atoms with E-state index >= 15 is 0 Å². The Hall–Kier alpha value is -6.73. The van der Waals surface area contributed by atoms with Crippen molar-refractivity contribution in [2.24, 2.45) is 138 Å². The van der Waals surface area contributed by atoms with Gasteiger partial charge in [0.1, 0.15) is 51.6 Å². The molecule has 4 N–H and O–H groups in total. The Morgan fingerprint density at radius 2 is 0.573 bits per heavy atom. The summed E-state index contributed by atoms with van der Waals surface area (Å²) in [5.41, 5.74) is -10.0. The van der Waals surface area contributed by atoms with Gasteiger partial charge in [0.2, 0.25) is 0 Å². The highest BCUT2D eigenvalue weighted by Gasteiger charge is 2.70. The number of hydrogen-bond acceptors (Lipinski definition) is 24. The molecule has 0 aliphatic heterocycles. The molecule has 24 heteroatoms. The first-order chi connectivity index (χ1) is 68.5. The Labute approximate surface area is 908 Å². The van der Waals surface area contributed by atoms with Crippen LogP contribution in [0.1, 0.15) is 489 Å². The van der Waals surface area contributed by atoms with Crippen LogP contribution in [0.5, 0.6) is 5.75 Å². The predicted octanol–water partition coefficient (Wildman–Crippen LogP) is 27.9. The zero-order valence-corrected chi connectivity index (χ0v) is 102. The van der Waals surface area contributed by atoms with Gasteiger partial charge in [-0.15, -0.1) is 0 Å². The van der Waals surface area contributed by atoms with Gasteiger partial charge in [-0.25, -0.2) is 0 Å². The fraction of sp³-hybridized carbons (Fsp3) is 0.865. The summed E-state index contributed by atoms with van der Waals surface area (Å²) in [5.74, 6) is 6.75. The van der Waals surface area contributed by atoms with E-state index in [0.29, 0.717) is 97.0 Å². The van der Waals surface area contributed by atoms with Gasteiger partial charge < -0.3 is 63.1 Å². The molecule has 16 saturated carbocycles. The first-order valence-electron chi connectivity index (χ1n) is 58.3. The van der Waals surface area contributed by atoms with Crippen LogP contribution in [0.3, 0.4) is 0 Å². The van der Waals surface area contributed by atoms with Gasteiger partial charge in [-0.2, -0.15) is 10.5 Å². The van der Waals surface area contributed by atoms with Gasteiger partial charge in [0.15, 0.2) is 0 Å². The van der Waals surface area contributed by atoms with Crippen LogP contribution < -0.4 is 4.74 Å². The largest absolute Gasteiger partial charge is 0.462 e. The summed E-state index contributed by atoms with van der Waals surface area (Å²) in [4.78, 5) is 108. The van der Waals surface area contributed by atoms with Gasteiger partial charge in [0.25, 0.3) is 0 Å². The lowest BCUT2D eigenvalue weighted by atomic mass is 9.48. The van der Waals surface area contributed by atoms with Gasteiger partial charge in [-0.1, -0.05) is 136 Å². The van der Waals surface area contributed by atoms with Crippen LogP contribution in [0.4, 0.5) is 0 Å². The Balaban J connectivity index is 0.000000259. The van der Waals surface area contributed by atoms with Crippen LogP contribution in [0.2, 0.25) is 0 Å². The van der Waals surface area contributed by atoms with E-state index in [1.54, 1.807) is 12.1 Å². The van der Waals surface area contributed by atoms with Crippen molar-refractivity contribution in [2.75, 3.05) is 0 Å². The lowest BCUT2D eigenvalue weighted by Crippen LogP contribution is -2.72. The van der Waals surface area contributed by atoms with E-state index in [9.17, 15) is 63.6 Å². The quantitative estimate of drug-likeness (QED) is 0.0316. The molecule has 16 aliphatic carbocycles. The van der Waals surface area contributed by atoms with Crippen LogP contribution in [0, 0.1) is 160 Å². The normalized spacial score (nSPS) is 30.5. The summed E-state index contributed by atoms with van der Waals surface area (Å²) >= 11 is 0. The standard InChI is InChI=1S/C16H26O5.C16H26O3.C16H26O2.C16H32O2.2C14H21NO2.C12H16O2.C12H24O2.C10H20O2/c1-4-12(2,3)11(17)21-16-8-13(18)5-14(19,9-16)7-15(20,6-13)10-16;1-4-14(2,3)13(17)19-16-8-11-5-12(9-16)7-15(18,6-11)10-16;1-4-15(2,3)14(17)18-16-8-11-5-12(9-16)7-13(6-11)10-16;1-10-15(8,9)14(17)18-16(11(2)3,12(4)5)13(6)7;2*1-4-14(2,3)13(16)17-12-7-9-5-10(12)6-11(9)8-15;1-4-12(2,3)11(13)14-10-8-6-5-7-9-10;1-8-11(4,5)10(13)14-12(6,7)9(2)3;1-7-10(5,6)8(11)12-9(2,3)4/h18-20H,4-10H2,1-3H3;11-12,18H,4-10H2,1-3H3;11-13H,4-10H2,1-3H3;11-13H,10H2,1-9H3;2*9-12H,4-7H2,1-3H3;5-9H,4H2,1-3H3;9H,8H2,1-7H3;7H2,1-6H3. The molecule has 17 rings (SSSR count). The monoisotopic (exact) mass is 2110 g/mol. The second-order valence-corrected chi connectivity index (χ2v) is 57.6. The minimum absolute atomic E-state index is 0.0342. The molecular weight excluding hydrogens is 1890 g/mol. The second kappa shape index (κ2) is 50.4. The number of para-hydroxylation sites is 1. The zero-order valence-electron chi connectivity index (χ0n) is 102. The average molecular weight is 2110 g/mol. The molecule has 0 heterocycles. The molecule has 0 radical (unpaired) electrons. The maximum absolute atomic E-state index is 12.4. The Morgan fingerprint density at radius 3 is 0.860 bits per heavy atom. The number of hydrogen-bond donors (Lipinski definition) is 4. The number of benzene rings is 1. The van der Waals surface area contributed by atoms with Gasteiger partial charge >= 0.3 is 53.7 Å². The van der Waals surface area contributed by atoms with Crippen molar-refractivity contribution in [1.29, 1.82) is 10.5 Å². The second-order valence-electron chi connectivity index (χ2n) is 57.6. The van der Waals surface area contributed by atoms with Crippen LogP contribution in [-0.4, -0.2) is 142 Å². The number of nitriles is 2. The number of rotatable bonds is 30. The van der Waals surface area contributed by atoms with Crippen molar-refractivity contribution >= 4 is 53.7 Å². The Kier molecular flexibility index (Phi) is 44.4. The van der Waals surface area contributed by atoms with Crippen LogP contribution in [0.25, 0.3) is 0 Å². The van der Waals surface area contributed by atoms with E-state index in [1.165, 1.54) is 25.7 Å². The van der Waals surface area contributed by atoms with Crippen molar-refractivity contribution < 1.29 is 106 Å². The van der Waals surface area contributed by atoms with Crippen molar-refractivity contribution in [3.8, 4) is 17.9 Å². The first-order valence-corrected chi connectivity index (χ1v) is 58.3. The minimum Gasteiger partial charge on any atom is -0.462 e. The van der Waals surface area contributed by atoms with Gasteiger partial charge in [0, 0.05) is 56.8 Å². The number of carbonyl (C=O) groups excluding carboxylic acids is 9. The molecule has 10 atom stereocenters. The van der Waals surface area contributed by atoms with E-state index in [4.69, 9.17) is 53.2 Å². The van der Waals surface area contributed by atoms with Crippen molar-refractivity contribution in [3.63, 3.8) is 0 Å². The van der Waals surface area contributed by atoms with Gasteiger partial charge in [0.05, 0.1) is 83.3 Å². The average Bonchev–Trinajstić information content (AvgIpc) is 0.848. The maximum atomic E-state index is 12.4. The lowest BCUT2D eigenvalue weighted by Gasteiger charge is -2.65. The molecule has 0 amide bonds. The molecule has 0 saturated heterocycles. The third-order valence-electron chi connectivity index (χ3n) is 38.3. The van der Waals surface area contributed by atoms with Crippen molar-refractivity contribution in [3.05, 3.63) is 30.3 Å². The van der Waals surface area contributed by atoms with Gasteiger partial charge in [-0.3, -0.25) is 43.2 Å². The first kappa shape index (κ1) is 132. The SMILES string of the molecule is CCC(C)(C)C(=O)OC(C(C)C)(C(C)C)C(C)C.CCC(C)(C)C(=O)OC(C)(C)C.CCC(C)(C)C(=O)OC(C)(C)C(C)C.CCC(C)(C)C(=O)OC12CC3(O)CC(O)(CC(O)(C3)C1)C2.CCC(C)(C)C(=O)OC12CC3CC(CC(C3)C1)C2.CCC(C)(C)C(=O)OC12CC3CC(CC(O)(C3)C1)C2.CCC(C)(C)C(=O)OC1CC2CC1CC2C#N.CCC(C)(C)C(=O)OC1CC2CC1CC2C#N.CCC(C)(C)C(=O)Oc1ccccc1. The molecule has 0 spiro atoms. The van der Waals surface area contributed by atoms with E-state index in [-0.39, 0.29) is 152 Å². The summed E-state index contributed by atoms with van der Waals surface area (Å²) in [7, 11) is 0. The molecule has 16 fully saturated rings. The highest BCUT2D eigenvalue weighted by Crippen LogP contribution is 2.64. The molecule has 16 aliphatic rings. The molecule has 1 aromatic rings. The third kappa shape index (κ3) is 34.2. The lowest BCUT2D eigenvalue weighted by molar-refractivity contribution is -0.302. The highest BCUT2D eigenvalue weighted by atomic mass is 16.6. The van der Waals surface area contributed by atoms with Crippen molar-refractivity contribution in [1.82, 2.24) is 0 Å².